The smallest absolute Gasteiger partial charge is 0.412 e. The van der Waals surface area contributed by atoms with Gasteiger partial charge in [0.25, 0.3) is 0 Å². The molecule has 9 nitrogen and oxygen atoms in total. The number of aromatic nitrogens is 1. The lowest BCUT2D eigenvalue weighted by Gasteiger charge is -2.21. The molecule has 1 aromatic heterocycles. The van der Waals surface area contributed by atoms with Crippen molar-refractivity contribution in [1.29, 1.82) is 0 Å². The van der Waals surface area contributed by atoms with Gasteiger partial charge in [-0.3, -0.25) is 15.4 Å². The molecule has 2 aromatic rings. The number of aliphatic hydroxyl groups is 1. The summed E-state index contributed by atoms with van der Waals surface area (Å²) in [6.07, 6.45) is -0.562. The van der Waals surface area contributed by atoms with Crippen LogP contribution in [0.25, 0.3) is 0 Å². The van der Waals surface area contributed by atoms with Gasteiger partial charge in [0.1, 0.15) is 17.7 Å². The number of ether oxygens (including phenoxy) is 1. The Morgan fingerprint density at radius 3 is 2.69 bits per heavy atom. The SMILES string of the molecule is CCOC(=O)Nc1cc(NC(C)[C@H](O)c2ccccc2)c([N+](=O)[O-])cn1. The largest absolute Gasteiger partial charge is 0.450 e. The average Bonchev–Trinajstić information content (AvgIpc) is 2.62. The van der Waals surface area contributed by atoms with Crippen LogP contribution in [0.4, 0.5) is 22.0 Å². The van der Waals surface area contributed by atoms with E-state index in [0.29, 0.717) is 5.56 Å². The van der Waals surface area contributed by atoms with Crippen molar-refractivity contribution in [2.24, 2.45) is 0 Å². The number of anilines is 2. The number of nitrogens with zero attached hydrogens (tertiary/aromatic N) is 2. The van der Waals surface area contributed by atoms with Gasteiger partial charge in [-0.15, -0.1) is 0 Å². The maximum Gasteiger partial charge on any atom is 0.412 e. The van der Waals surface area contributed by atoms with Crippen LogP contribution in [-0.2, 0) is 4.74 Å². The molecular weight excluding hydrogens is 340 g/mol. The summed E-state index contributed by atoms with van der Waals surface area (Å²) in [5, 5.41) is 27.0. The summed E-state index contributed by atoms with van der Waals surface area (Å²) in [5.41, 5.74) is 0.528. The highest BCUT2D eigenvalue weighted by Crippen LogP contribution is 2.29. The molecule has 1 unspecified atom stereocenters. The molecular formula is C17H20N4O5. The number of carbonyl (C=O) groups excluding carboxylic acids is 1. The van der Waals surface area contributed by atoms with Crippen molar-refractivity contribution in [2.75, 3.05) is 17.2 Å². The lowest BCUT2D eigenvalue weighted by atomic mass is 10.0. The third kappa shape index (κ3) is 4.90. The molecule has 0 saturated heterocycles. The molecule has 3 N–H and O–H groups in total. The Balaban J connectivity index is 2.22. The molecule has 0 bridgehead atoms. The molecule has 0 spiro atoms. The highest BCUT2D eigenvalue weighted by Gasteiger charge is 2.22. The summed E-state index contributed by atoms with van der Waals surface area (Å²) in [4.78, 5) is 26.0. The van der Waals surface area contributed by atoms with Crippen LogP contribution in [0.5, 0.6) is 0 Å². The third-order valence-corrected chi connectivity index (χ3v) is 3.58. The fraction of sp³-hybridized carbons (Fsp3) is 0.294. The zero-order valence-corrected chi connectivity index (χ0v) is 14.4. The maximum absolute atomic E-state index is 11.5. The molecule has 2 atom stereocenters. The first-order chi connectivity index (χ1) is 12.4. The minimum Gasteiger partial charge on any atom is -0.450 e. The van der Waals surface area contributed by atoms with Crippen LogP contribution in [-0.4, -0.2) is 33.8 Å². The second kappa shape index (κ2) is 8.77. The summed E-state index contributed by atoms with van der Waals surface area (Å²) >= 11 is 0. The second-order valence-electron chi connectivity index (χ2n) is 5.48. The van der Waals surface area contributed by atoms with Crippen LogP contribution in [0, 0.1) is 10.1 Å². The molecule has 2 rings (SSSR count). The Kier molecular flexibility index (Phi) is 6.45. The van der Waals surface area contributed by atoms with Gasteiger partial charge >= 0.3 is 11.8 Å². The minimum absolute atomic E-state index is 0.0953. The summed E-state index contributed by atoms with van der Waals surface area (Å²) in [6.45, 7) is 3.53. The zero-order valence-electron chi connectivity index (χ0n) is 14.4. The van der Waals surface area contributed by atoms with E-state index in [-0.39, 0.29) is 23.8 Å². The van der Waals surface area contributed by atoms with Crippen molar-refractivity contribution in [3.05, 3.63) is 58.3 Å². The van der Waals surface area contributed by atoms with E-state index in [9.17, 15) is 20.0 Å². The standard InChI is InChI=1S/C17H20N4O5/c1-3-26-17(23)20-15-9-13(14(10-18-15)21(24)25)19-11(2)16(22)12-7-5-4-6-8-12/h4-11,16,22H,3H2,1-2H3,(H2,18,19,20,23)/t11?,16-/m0/s1. The first kappa shape index (κ1) is 19.1. The van der Waals surface area contributed by atoms with E-state index in [0.717, 1.165) is 6.20 Å². The highest BCUT2D eigenvalue weighted by atomic mass is 16.6. The van der Waals surface area contributed by atoms with Crippen molar-refractivity contribution in [2.45, 2.75) is 26.0 Å². The number of amides is 1. The Morgan fingerprint density at radius 1 is 1.38 bits per heavy atom. The van der Waals surface area contributed by atoms with E-state index < -0.39 is 23.2 Å². The van der Waals surface area contributed by atoms with Crippen LogP contribution < -0.4 is 10.6 Å². The molecule has 0 radical (unpaired) electrons. The predicted molar refractivity (Wildman–Crippen MR) is 96.0 cm³/mol. The molecule has 0 fully saturated rings. The van der Waals surface area contributed by atoms with Crippen LogP contribution in [0.1, 0.15) is 25.5 Å². The Hall–Kier alpha value is -3.20. The Bertz CT molecular complexity index is 769. The number of hydrogen-bond acceptors (Lipinski definition) is 7. The van der Waals surface area contributed by atoms with E-state index >= 15 is 0 Å². The summed E-state index contributed by atoms with van der Waals surface area (Å²) in [5.74, 6) is 0.0953. The number of carbonyl (C=O) groups is 1. The topological polar surface area (TPSA) is 127 Å². The van der Waals surface area contributed by atoms with Gasteiger partial charge in [0.2, 0.25) is 0 Å². The second-order valence-corrected chi connectivity index (χ2v) is 5.48. The average molecular weight is 360 g/mol. The fourth-order valence-electron chi connectivity index (χ4n) is 2.31. The molecule has 0 aliphatic rings. The van der Waals surface area contributed by atoms with Gasteiger partial charge in [-0.05, 0) is 19.4 Å². The molecule has 1 heterocycles. The molecule has 0 aliphatic heterocycles. The molecule has 9 heteroatoms. The van der Waals surface area contributed by atoms with Crippen LogP contribution in [0.3, 0.4) is 0 Å². The highest BCUT2D eigenvalue weighted by molar-refractivity contribution is 5.84. The van der Waals surface area contributed by atoms with E-state index in [1.165, 1.54) is 6.07 Å². The molecule has 0 aliphatic carbocycles. The van der Waals surface area contributed by atoms with E-state index in [1.807, 2.05) is 6.07 Å². The summed E-state index contributed by atoms with van der Waals surface area (Å²) in [6, 6.07) is 9.73. The van der Waals surface area contributed by atoms with Crippen LogP contribution in [0.15, 0.2) is 42.6 Å². The number of aliphatic hydroxyl groups excluding tert-OH is 1. The number of nitro groups is 1. The third-order valence-electron chi connectivity index (χ3n) is 3.58. The van der Waals surface area contributed by atoms with Gasteiger partial charge in [-0.1, -0.05) is 30.3 Å². The number of hydrogen-bond donors (Lipinski definition) is 3. The summed E-state index contributed by atoms with van der Waals surface area (Å²) in [7, 11) is 0. The Morgan fingerprint density at radius 2 is 2.08 bits per heavy atom. The lowest BCUT2D eigenvalue weighted by molar-refractivity contribution is -0.384. The summed E-state index contributed by atoms with van der Waals surface area (Å²) < 4.78 is 4.76. The first-order valence-corrected chi connectivity index (χ1v) is 8.00. The van der Waals surface area contributed by atoms with Crippen molar-refractivity contribution in [1.82, 2.24) is 4.98 Å². The van der Waals surface area contributed by atoms with Crippen LogP contribution in [0.2, 0.25) is 0 Å². The fourth-order valence-corrected chi connectivity index (χ4v) is 2.31. The Labute approximate surface area is 150 Å². The number of rotatable bonds is 7. The van der Waals surface area contributed by atoms with E-state index in [4.69, 9.17) is 4.74 Å². The monoisotopic (exact) mass is 360 g/mol. The molecule has 1 amide bonds. The molecule has 138 valence electrons. The van der Waals surface area contributed by atoms with Gasteiger partial charge in [0.15, 0.2) is 0 Å². The maximum atomic E-state index is 11.5. The molecule has 1 aromatic carbocycles. The van der Waals surface area contributed by atoms with E-state index in [2.05, 4.69) is 15.6 Å². The molecule has 26 heavy (non-hydrogen) atoms. The lowest BCUT2D eigenvalue weighted by Crippen LogP contribution is -2.24. The van der Waals surface area contributed by atoms with E-state index in [1.54, 1.807) is 38.1 Å². The van der Waals surface area contributed by atoms with Crippen molar-refractivity contribution >= 4 is 23.3 Å². The van der Waals surface area contributed by atoms with Crippen molar-refractivity contribution < 1.29 is 19.6 Å². The number of nitrogens with one attached hydrogen (secondary N) is 2. The molecule has 0 saturated carbocycles. The number of benzene rings is 1. The van der Waals surface area contributed by atoms with Crippen LogP contribution >= 0.6 is 0 Å². The quantitative estimate of drug-likeness (QED) is 0.511. The van der Waals surface area contributed by atoms with Gasteiger partial charge in [-0.25, -0.2) is 9.78 Å². The predicted octanol–water partition coefficient (Wildman–Crippen LogP) is 3.09. The normalized spacial score (nSPS) is 12.7. The number of pyridine rings is 1. The van der Waals surface area contributed by atoms with Gasteiger partial charge < -0.3 is 15.2 Å². The zero-order chi connectivity index (χ0) is 19.1. The minimum atomic E-state index is -0.884. The van der Waals surface area contributed by atoms with Gasteiger partial charge in [0, 0.05) is 6.07 Å². The van der Waals surface area contributed by atoms with Gasteiger partial charge in [-0.2, -0.15) is 0 Å². The van der Waals surface area contributed by atoms with Crippen molar-refractivity contribution in [3.8, 4) is 0 Å². The first-order valence-electron chi connectivity index (χ1n) is 8.00. The van der Waals surface area contributed by atoms with Gasteiger partial charge in [0.05, 0.1) is 23.7 Å². The van der Waals surface area contributed by atoms with Crippen molar-refractivity contribution in [3.63, 3.8) is 0 Å².